The van der Waals surface area contributed by atoms with Crippen LogP contribution >= 0.6 is 0 Å². The van der Waals surface area contributed by atoms with Gasteiger partial charge in [0.25, 0.3) is 0 Å². The molecule has 1 saturated heterocycles. The highest BCUT2D eigenvalue weighted by atomic mass is 19.4. The quantitative estimate of drug-likeness (QED) is 0.577. The molecule has 12 heavy (non-hydrogen) atoms. The van der Waals surface area contributed by atoms with E-state index in [0.717, 1.165) is 0 Å². The highest BCUT2D eigenvalue weighted by molar-refractivity contribution is 5.79. The molecule has 1 rings (SSSR count). The monoisotopic (exact) mass is 182 g/mol. The predicted octanol–water partition coefficient (Wildman–Crippen LogP) is 1.75. The number of alkyl halides is 3. The van der Waals surface area contributed by atoms with E-state index in [4.69, 9.17) is 0 Å². The normalized spacial score (nSPS) is 30.0. The van der Waals surface area contributed by atoms with Crippen LogP contribution in [0.15, 0.2) is 0 Å². The van der Waals surface area contributed by atoms with Crippen molar-refractivity contribution in [3.05, 3.63) is 0 Å². The van der Waals surface area contributed by atoms with Gasteiger partial charge in [-0.1, -0.05) is 13.8 Å². The Morgan fingerprint density at radius 3 is 2.08 bits per heavy atom. The minimum atomic E-state index is -4.41. The van der Waals surface area contributed by atoms with Crippen LogP contribution in [-0.2, 0) is 9.53 Å². The summed E-state index contributed by atoms with van der Waals surface area (Å²) in [4.78, 5) is 10.6. The molecule has 1 aliphatic rings. The summed E-state index contributed by atoms with van der Waals surface area (Å²) in [7, 11) is 0. The van der Waals surface area contributed by atoms with Gasteiger partial charge in [0.15, 0.2) is 0 Å². The number of rotatable bonds is 1. The molecule has 0 N–H and O–H groups in total. The summed E-state index contributed by atoms with van der Waals surface area (Å²) in [5.74, 6) is -2.07. The second-order valence-electron chi connectivity index (χ2n) is 3.17. The Morgan fingerprint density at radius 1 is 1.42 bits per heavy atom. The Balaban J connectivity index is 2.67. The van der Waals surface area contributed by atoms with Crippen molar-refractivity contribution in [3.63, 3.8) is 0 Å². The Morgan fingerprint density at radius 2 is 1.92 bits per heavy atom. The van der Waals surface area contributed by atoms with E-state index in [-0.39, 0.29) is 5.92 Å². The Hall–Kier alpha value is -0.740. The van der Waals surface area contributed by atoms with Crippen LogP contribution in [0, 0.1) is 11.8 Å². The van der Waals surface area contributed by atoms with Gasteiger partial charge in [-0.25, -0.2) is 0 Å². The fourth-order valence-electron chi connectivity index (χ4n) is 1.22. The Bertz CT molecular complexity index is 197. The maximum Gasteiger partial charge on any atom is 0.426 e. The van der Waals surface area contributed by atoms with Crippen LogP contribution in [-0.4, -0.2) is 18.2 Å². The van der Waals surface area contributed by atoms with Gasteiger partial charge >= 0.3 is 12.1 Å². The summed E-state index contributed by atoms with van der Waals surface area (Å²) < 4.78 is 40.0. The molecule has 0 unspecified atom stereocenters. The Labute approximate surface area is 67.7 Å². The number of cyclic esters (lactones) is 1. The highest BCUT2D eigenvalue weighted by Gasteiger charge is 2.58. The number of ether oxygens (including phenoxy) is 1. The van der Waals surface area contributed by atoms with E-state index in [2.05, 4.69) is 4.74 Å². The number of halogens is 3. The molecular formula is C7H9F3O2. The van der Waals surface area contributed by atoms with Gasteiger partial charge in [0.2, 0.25) is 6.10 Å². The third kappa shape index (κ3) is 1.40. The van der Waals surface area contributed by atoms with Crippen LogP contribution in [0.3, 0.4) is 0 Å². The molecule has 0 radical (unpaired) electrons. The van der Waals surface area contributed by atoms with Crippen LogP contribution in [0.4, 0.5) is 13.2 Å². The molecular weight excluding hydrogens is 173 g/mol. The van der Waals surface area contributed by atoms with Crippen molar-refractivity contribution in [3.8, 4) is 0 Å². The summed E-state index contributed by atoms with van der Waals surface area (Å²) in [6, 6.07) is 0. The van der Waals surface area contributed by atoms with E-state index in [1.807, 2.05) is 0 Å². The molecule has 0 bridgehead atoms. The second-order valence-corrected chi connectivity index (χ2v) is 3.17. The summed E-state index contributed by atoms with van der Waals surface area (Å²) in [6.07, 6.45) is -6.30. The lowest BCUT2D eigenvalue weighted by atomic mass is 9.86. The van der Waals surface area contributed by atoms with Crippen molar-refractivity contribution in [2.24, 2.45) is 11.8 Å². The summed E-state index contributed by atoms with van der Waals surface area (Å²) in [5.41, 5.74) is 0. The van der Waals surface area contributed by atoms with Gasteiger partial charge in [-0.3, -0.25) is 4.79 Å². The van der Waals surface area contributed by atoms with Crippen molar-refractivity contribution in [1.82, 2.24) is 0 Å². The maximum absolute atomic E-state index is 12.0. The summed E-state index contributed by atoms with van der Waals surface area (Å²) in [6.45, 7) is 3.15. The largest absolute Gasteiger partial charge is 0.451 e. The number of hydrogen-bond acceptors (Lipinski definition) is 2. The van der Waals surface area contributed by atoms with Gasteiger partial charge in [-0.15, -0.1) is 0 Å². The predicted molar refractivity (Wildman–Crippen MR) is 34.3 cm³/mol. The molecule has 0 aliphatic carbocycles. The van der Waals surface area contributed by atoms with Crippen LogP contribution in [0.25, 0.3) is 0 Å². The molecule has 0 saturated carbocycles. The van der Waals surface area contributed by atoms with Gasteiger partial charge in [-0.2, -0.15) is 13.2 Å². The van der Waals surface area contributed by atoms with Crippen molar-refractivity contribution < 1.29 is 22.7 Å². The lowest BCUT2D eigenvalue weighted by Crippen LogP contribution is -2.55. The van der Waals surface area contributed by atoms with E-state index in [1.54, 1.807) is 13.8 Å². The molecule has 2 atom stereocenters. The molecule has 1 heterocycles. The molecule has 0 amide bonds. The maximum atomic E-state index is 12.0. The molecule has 0 aromatic carbocycles. The molecule has 1 fully saturated rings. The number of carbonyl (C=O) groups excluding carboxylic acids is 1. The lowest BCUT2D eigenvalue weighted by molar-refractivity contribution is -0.274. The first-order chi connectivity index (χ1) is 5.34. The molecule has 70 valence electrons. The summed E-state index contributed by atoms with van der Waals surface area (Å²) >= 11 is 0. The van der Waals surface area contributed by atoms with Gasteiger partial charge < -0.3 is 4.74 Å². The number of esters is 1. The van der Waals surface area contributed by atoms with E-state index in [0.29, 0.717) is 0 Å². The van der Waals surface area contributed by atoms with E-state index >= 15 is 0 Å². The zero-order valence-electron chi connectivity index (χ0n) is 6.68. The first-order valence-corrected chi connectivity index (χ1v) is 3.61. The van der Waals surface area contributed by atoms with Crippen LogP contribution in [0.1, 0.15) is 13.8 Å². The average Bonchev–Trinajstić information content (AvgIpc) is 1.78. The van der Waals surface area contributed by atoms with Crippen LogP contribution in [0.2, 0.25) is 0 Å². The second kappa shape index (κ2) is 2.64. The third-order valence-electron chi connectivity index (χ3n) is 1.88. The SMILES string of the molecule is CC(C)[C@@H]1C(=O)O[C@@H]1C(F)(F)F. The van der Waals surface area contributed by atoms with Crippen molar-refractivity contribution >= 4 is 5.97 Å². The highest BCUT2D eigenvalue weighted by Crippen LogP contribution is 2.39. The molecule has 0 aromatic rings. The Kier molecular flexibility index (Phi) is 2.06. The number of hydrogen-bond donors (Lipinski definition) is 0. The van der Waals surface area contributed by atoms with E-state index < -0.39 is 24.2 Å². The van der Waals surface area contributed by atoms with Gasteiger partial charge in [0.1, 0.15) is 5.92 Å². The zero-order chi connectivity index (χ0) is 9.52. The van der Waals surface area contributed by atoms with Crippen molar-refractivity contribution in [2.45, 2.75) is 26.1 Å². The van der Waals surface area contributed by atoms with Gasteiger partial charge in [-0.05, 0) is 5.92 Å². The molecule has 5 heteroatoms. The zero-order valence-corrected chi connectivity index (χ0v) is 6.68. The van der Waals surface area contributed by atoms with E-state index in [1.165, 1.54) is 0 Å². The average molecular weight is 182 g/mol. The molecule has 1 aliphatic heterocycles. The topological polar surface area (TPSA) is 26.3 Å². The smallest absolute Gasteiger partial charge is 0.426 e. The standard InChI is InChI=1S/C7H9F3O2/c1-3(2)4-5(7(8,9)10)12-6(4)11/h3-5H,1-2H3/t4-,5-/m0/s1. The van der Waals surface area contributed by atoms with Crippen molar-refractivity contribution in [1.29, 1.82) is 0 Å². The fourth-order valence-corrected chi connectivity index (χ4v) is 1.22. The minimum absolute atomic E-state index is 0.321. The fraction of sp³-hybridized carbons (Fsp3) is 0.857. The van der Waals surface area contributed by atoms with Gasteiger partial charge in [0, 0.05) is 0 Å². The van der Waals surface area contributed by atoms with Crippen LogP contribution in [0.5, 0.6) is 0 Å². The minimum Gasteiger partial charge on any atom is -0.451 e. The first-order valence-electron chi connectivity index (χ1n) is 3.61. The first kappa shape index (κ1) is 9.35. The van der Waals surface area contributed by atoms with Crippen molar-refractivity contribution in [2.75, 3.05) is 0 Å². The molecule has 2 nitrogen and oxygen atoms in total. The lowest BCUT2D eigenvalue weighted by Gasteiger charge is -2.38. The number of carbonyl (C=O) groups is 1. The summed E-state index contributed by atoms with van der Waals surface area (Å²) in [5, 5.41) is 0. The van der Waals surface area contributed by atoms with Crippen LogP contribution < -0.4 is 0 Å². The third-order valence-corrected chi connectivity index (χ3v) is 1.88. The van der Waals surface area contributed by atoms with E-state index in [9.17, 15) is 18.0 Å². The molecule has 0 spiro atoms. The molecule has 0 aromatic heterocycles. The van der Waals surface area contributed by atoms with Gasteiger partial charge in [0.05, 0.1) is 0 Å².